The fourth-order valence-corrected chi connectivity index (χ4v) is 3.71. The van der Waals surface area contributed by atoms with E-state index in [9.17, 15) is 4.79 Å². The van der Waals surface area contributed by atoms with Gasteiger partial charge in [0.2, 0.25) is 0 Å². The van der Waals surface area contributed by atoms with Gasteiger partial charge in [-0.05, 0) is 54.4 Å². The van der Waals surface area contributed by atoms with Crippen molar-refractivity contribution in [1.29, 1.82) is 0 Å². The van der Waals surface area contributed by atoms with Crippen LogP contribution in [0.1, 0.15) is 28.0 Å². The normalized spacial score (nSPS) is 15.3. The molecule has 3 aromatic rings. The van der Waals surface area contributed by atoms with E-state index < -0.39 is 0 Å². The van der Waals surface area contributed by atoms with Gasteiger partial charge in [-0.15, -0.1) is 0 Å². The molecule has 6 heteroatoms. The van der Waals surface area contributed by atoms with Crippen LogP contribution in [0.15, 0.2) is 72.9 Å². The molecule has 0 spiro atoms. The molecule has 0 radical (unpaired) electrons. The fourth-order valence-electron chi connectivity index (χ4n) is 3.71. The lowest BCUT2D eigenvalue weighted by atomic mass is 10.1. The molecule has 0 saturated carbocycles. The Morgan fingerprint density at radius 3 is 2.72 bits per heavy atom. The molecule has 1 fully saturated rings. The molecule has 0 N–H and O–H groups in total. The van der Waals surface area contributed by atoms with Crippen LogP contribution in [0.3, 0.4) is 0 Å². The summed E-state index contributed by atoms with van der Waals surface area (Å²) in [5.74, 6) is 1.82. The average molecular weight is 433 g/mol. The third kappa shape index (κ3) is 5.86. The number of ether oxygens (including phenoxy) is 3. The Hall–Kier alpha value is -3.38. The van der Waals surface area contributed by atoms with E-state index in [1.165, 1.54) is 0 Å². The van der Waals surface area contributed by atoms with Crippen molar-refractivity contribution in [2.45, 2.75) is 19.5 Å². The lowest BCUT2D eigenvalue weighted by Gasteiger charge is -2.23. The highest BCUT2D eigenvalue weighted by Crippen LogP contribution is 2.21. The molecular weight excluding hydrogens is 404 g/mol. The number of hydrogen-bond donors (Lipinski definition) is 0. The monoisotopic (exact) mass is 432 g/mol. The molecule has 1 atom stereocenters. The molecule has 4 rings (SSSR count). The largest absolute Gasteiger partial charge is 0.497 e. The summed E-state index contributed by atoms with van der Waals surface area (Å²) in [6.07, 6.45) is 2.78. The van der Waals surface area contributed by atoms with Crippen molar-refractivity contribution >= 4 is 5.91 Å². The predicted octanol–water partition coefficient (Wildman–Crippen LogP) is 4.35. The van der Waals surface area contributed by atoms with Gasteiger partial charge in [0.15, 0.2) is 0 Å². The van der Waals surface area contributed by atoms with Gasteiger partial charge in [0.25, 0.3) is 5.91 Å². The summed E-state index contributed by atoms with van der Waals surface area (Å²) in [5.41, 5.74) is 2.41. The van der Waals surface area contributed by atoms with E-state index in [4.69, 9.17) is 14.2 Å². The Morgan fingerprint density at radius 2 is 1.94 bits per heavy atom. The minimum absolute atomic E-state index is 0.0796. The molecule has 0 bridgehead atoms. The summed E-state index contributed by atoms with van der Waals surface area (Å²) >= 11 is 0. The first-order chi connectivity index (χ1) is 15.7. The highest BCUT2D eigenvalue weighted by atomic mass is 16.5. The first-order valence-corrected chi connectivity index (χ1v) is 10.8. The SMILES string of the molecule is COc1cccc(C(=O)N(Cc2cccc(OCC3CCOC3)c2)Cc2ccccn2)c1. The molecule has 1 aliphatic rings. The lowest BCUT2D eigenvalue weighted by molar-refractivity contribution is 0.0727. The van der Waals surface area contributed by atoms with Crippen molar-refractivity contribution in [3.8, 4) is 11.5 Å². The molecule has 0 aliphatic carbocycles. The van der Waals surface area contributed by atoms with E-state index >= 15 is 0 Å². The molecule has 2 heterocycles. The standard InChI is InChI=1S/C26H28N2O4/c1-30-24-9-5-7-22(15-24)26(29)28(17-23-8-2-3-12-27-23)16-20-6-4-10-25(14-20)32-19-21-11-13-31-18-21/h2-10,12,14-15,21H,11,13,16-19H2,1H3. The number of benzene rings is 2. The van der Waals surface area contributed by atoms with Crippen LogP contribution < -0.4 is 9.47 Å². The number of pyridine rings is 1. The summed E-state index contributed by atoms with van der Waals surface area (Å²) in [6.45, 7) is 3.05. The maximum Gasteiger partial charge on any atom is 0.254 e. The van der Waals surface area contributed by atoms with Crippen molar-refractivity contribution < 1.29 is 19.0 Å². The zero-order valence-electron chi connectivity index (χ0n) is 18.3. The van der Waals surface area contributed by atoms with Crippen LogP contribution in [-0.4, -0.2) is 42.7 Å². The smallest absolute Gasteiger partial charge is 0.254 e. The van der Waals surface area contributed by atoms with Gasteiger partial charge in [-0.3, -0.25) is 9.78 Å². The van der Waals surface area contributed by atoms with Gasteiger partial charge in [-0.25, -0.2) is 0 Å². The van der Waals surface area contributed by atoms with E-state index in [0.717, 1.165) is 36.6 Å². The topological polar surface area (TPSA) is 60.9 Å². The molecule has 166 valence electrons. The molecule has 6 nitrogen and oxygen atoms in total. The van der Waals surface area contributed by atoms with Crippen LogP contribution in [-0.2, 0) is 17.8 Å². The van der Waals surface area contributed by atoms with E-state index in [1.807, 2.05) is 54.6 Å². The van der Waals surface area contributed by atoms with E-state index in [1.54, 1.807) is 30.3 Å². The molecule has 2 aromatic carbocycles. The van der Waals surface area contributed by atoms with Crippen molar-refractivity contribution in [2.75, 3.05) is 26.9 Å². The molecular formula is C26H28N2O4. The molecule has 1 unspecified atom stereocenters. The van der Waals surface area contributed by atoms with E-state index in [0.29, 0.717) is 36.9 Å². The number of carbonyl (C=O) groups excluding carboxylic acids is 1. The summed E-state index contributed by atoms with van der Waals surface area (Å²) in [5, 5.41) is 0. The van der Waals surface area contributed by atoms with Gasteiger partial charge in [-0.1, -0.05) is 24.3 Å². The zero-order chi connectivity index (χ0) is 22.2. The minimum atomic E-state index is -0.0796. The fraction of sp³-hybridized carbons (Fsp3) is 0.308. The van der Waals surface area contributed by atoms with Crippen LogP contribution in [0.5, 0.6) is 11.5 Å². The second kappa shape index (κ2) is 10.8. The molecule has 1 saturated heterocycles. The van der Waals surface area contributed by atoms with E-state index in [2.05, 4.69) is 4.98 Å². The number of nitrogens with zero attached hydrogens (tertiary/aromatic N) is 2. The molecule has 1 aromatic heterocycles. The first kappa shape index (κ1) is 21.8. The number of methoxy groups -OCH3 is 1. The van der Waals surface area contributed by atoms with Crippen LogP contribution >= 0.6 is 0 Å². The minimum Gasteiger partial charge on any atom is -0.497 e. The zero-order valence-corrected chi connectivity index (χ0v) is 18.3. The van der Waals surface area contributed by atoms with Crippen LogP contribution in [0, 0.1) is 5.92 Å². The van der Waals surface area contributed by atoms with Crippen molar-refractivity contribution in [3.63, 3.8) is 0 Å². The van der Waals surface area contributed by atoms with Crippen molar-refractivity contribution in [3.05, 3.63) is 89.7 Å². The second-order valence-electron chi connectivity index (χ2n) is 7.90. The van der Waals surface area contributed by atoms with Gasteiger partial charge >= 0.3 is 0 Å². The van der Waals surface area contributed by atoms with Gasteiger partial charge < -0.3 is 19.1 Å². The lowest BCUT2D eigenvalue weighted by Crippen LogP contribution is -2.30. The highest BCUT2D eigenvalue weighted by molar-refractivity contribution is 5.94. The number of amides is 1. The summed E-state index contributed by atoms with van der Waals surface area (Å²) in [6, 6.07) is 20.9. The van der Waals surface area contributed by atoms with Crippen LogP contribution in [0.25, 0.3) is 0 Å². The second-order valence-corrected chi connectivity index (χ2v) is 7.90. The number of hydrogen-bond acceptors (Lipinski definition) is 5. The van der Waals surface area contributed by atoms with E-state index in [-0.39, 0.29) is 5.91 Å². The Bertz CT molecular complexity index is 1020. The molecule has 1 amide bonds. The maximum atomic E-state index is 13.4. The Morgan fingerprint density at radius 1 is 1.06 bits per heavy atom. The van der Waals surface area contributed by atoms with Gasteiger partial charge in [-0.2, -0.15) is 0 Å². The van der Waals surface area contributed by atoms with Crippen molar-refractivity contribution in [2.24, 2.45) is 5.92 Å². The van der Waals surface area contributed by atoms with Crippen LogP contribution in [0.4, 0.5) is 0 Å². The Kier molecular flexibility index (Phi) is 7.35. The van der Waals surface area contributed by atoms with Gasteiger partial charge in [0, 0.05) is 30.8 Å². The predicted molar refractivity (Wildman–Crippen MR) is 122 cm³/mol. The summed E-state index contributed by atoms with van der Waals surface area (Å²) in [7, 11) is 1.60. The van der Waals surface area contributed by atoms with Gasteiger partial charge in [0.05, 0.1) is 32.6 Å². The number of rotatable bonds is 9. The number of aromatic nitrogens is 1. The van der Waals surface area contributed by atoms with Crippen LogP contribution in [0.2, 0.25) is 0 Å². The third-order valence-corrected chi connectivity index (χ3v) is 5.46. The summed E-state index contributed by atoms with van der Waals surface area (Å²) < 4.78 is 16.7. The maximum absolute atomic E-state index is 13.4. The quantitative estimate of drug-likeness (QED) is 0.503. The molecule has 1 aliphatic heterocycles. The highest BCUT2D eigenvalue weighted by Gasteiger charge is 2.19. The van der Waals surface area contributed by atoms with Gasteiger partial charge in [0.1, 0.15) is 11.5 Å². The molecule has 32 heavy (non-hydrogen) atoms. The third-order valence-electron chi connectivity index (χ3n) is 5.46. The first-order valence-electron chi connectivity index (χ1n) is 10.8. The average Bonchev–Trinajstić information content (AvgIpc) is 3.37. The van der Waals surface area contributed by atoms with Crippen molar-refractivity contribution in [1.82, 2.24) is 9.88 Å². The number of carbonyl (C=O) groups is 1. The Labute approximate surface area is 188 Å². The Balaban J connectivity index is 1.51. The summed E-state index contributed by atoms with van der Waals surface area (Å²) in [4.78, 5) is 19.6.